The van der Waals surface area contributed by atoms with Crippen LogP contribution in [0.5, 0.6) is 0 Å². The lowest BCUT2D eigenvalue weighted by Crippen LogP contribution is -2.55. The summed E-state index contributed by atoms with van der Waals surface area (Å²) >= 11 is 0. The molecular formula is C23H36O4. The molecule has 2 rings (SSSR count). The Morgan fingerprint density at radius 2 is 2.07 bits per heavy atom. The third-order valence-corrected chi connectivity index (χ3v) is 7.46. The molecular weight excluding hydrogens is 340 g/mol. The average molecular weight is 377 g/mol. The van der Waals surface area contributed by atoms with Gasteiger partial charge in [-0.3, -0.25) is 4.79 Å². The van der Waals surface area contributed by atoms with E-state index in [1.807, 2.05) is 6.92 Å². The Balaban J connectivity index is 2.39. The number of aliphatic hydroxyl groups excluding tert-OH is 1. The van der Waals surface area contributed by atoms with Gasteiger partial charge in [0.2, 0.25) is 0 Å². The van der Waals surface area contributed by atoms with E-state index >= 15 is 0 Å². The molecule has 152 valence electrons. The SMILES string of the molecule is C#C[C@@]12CC[C@@H](C)C(C)(C(=O)C[C@](C)(C=C)CO)C1[C@H](OCCOC)CC2. The van der Waals surface area contributed by atoms with Crippen molar-refractivity contribution in [2.24, 2.45) is 28.1 Å². The zero-order valence-electron chi connectivity index (χ0n) is 17.4. The molecule has 2 unspecified atom stereocenters. The van der Waals surface area contributed by atoms with Gasteiger partial charge in [-0.25, -0.2) is 0 Å². The molecule has 2 aliphatic rings. The van der Waals surface area contributed by atoms with E-state index in [1.165, 1.54) is 0 Å². The lowest BCUT2D eigenvalue weighted by Gasteiger charge is -2.53. The molecule has 2 aliphatic carbocycles. The fourth-order valence-electron chi connectivity index (χ4n) is 5.29. The number of fused-ring (bicyclic) bond motifs is 1. The first kappa shape index (κ1) is 22.1. The van der Waals surface area contributed by atoms with Gasteiger partial charge >= 0.3 is 0 Å². The minimum atomic E-state index is -0.610. The number of hydrogen-bond donors (Lipinski definition) is 1. The van der Waals surface area contributed by atoms with Crippen molar-refractivity contribution in [1.29, 1.82) is 0 Å². The standard InChI is InChI=1S/C23H36O4/c1-7-21(4,16-24)15-19(25)22(5)17(3)9-11-23(8-2)12-10-18(20(22)23)27-14-13-26-6/h2,7,17-18,20,24H,1,9-16H2,3-6H3/t17-,18-,20?,21+,22?,23+/m1/s1. The highest BCUT2D eigenvalue weighted by molar-refractivity contribution is 5.86. The lowest BCUT2D eigenvalue weighted by molar-refractivity contribution is -0.152. The van der Waals surface area contributed by atoms with Crippen molar-refractivity contribution in [2.45, 2.75) is 59.0 Å². The third-order valence-electron chi connectivity index (χ3n) is 7.46. The second-order valence-electron chi connectivity index (χ2n) is 9.06. The summed E-state index contributed by atoms with van der Waals surface area (Å²) in [7, 11) is 1.66. The highest BCUT2D eigenvalue weighted by atomic mass is 16.5. The molecule has 0 saturated heterocycles. The summed E-state index contributed by atoms with van der Waals surface area (Å²) in [6, 6.07) is 0. The molecule has 2 saturated carbocycles. The van der Waals surface area contributed by atoms with Gasteiger partial charge in [-0.05, 0) is 31.6 Å². The molecule has 0 amide bonds. The quantitative estimate of drug-likeness (QED) is 0.379. The zero-order valence-corrected chi connectivity index (χ0v) is 17.4. The Kier molecular flexibility index (Phi) is 6.95. The molecule has 0 aromatic rings. The summed E-state index contributed by atoms with van der Waals surface area (Å²) in [5, 5.41) is 9.77. The van der Waals surface area contributed by atoms with Crippen LogP contribution in [0.1, 0.15) is 52.9 Å². The van der Waals surface area contributed by atoms with Crippen LogP contribution in [0.3, 0.4) is 0 Å². The molecule has 0 radical (unpaired) electrons. The fraction of sp³-hybridized carbons (Fsp3) is 0.783. The Hall–Kier alpha value is -1.15. The number of carbonyl (C=O) groups is 1. The van der Waals surface area contributed by atoms with Crippen molar-refractivity contribution >= 4 is 5.78 Å². The van der Waals surface area contributed by atoms with Crippen molar-refractivity contribution in [2.75, 3.05) is 26.9 Å². The highest BCUT2D eigenvalue weighted by Gasteiger charge is 2.63. The first-order chi connectivity index (χ1) is 12.7. The normalized spacial score (nSPS) is 37.9. The second-order valence-corrected chi connectivity index (χ2v) is 9.06. The maximum atomic E-state index is 13.6. The molecule has 0 aromatic carbocycles. The second kappa shape index (κ2) is 8.47. The van der Waals surface area contributed by atoms with Gasteiger partial charge in [-0.1, -0.05) is 32.8 Å². The van der Waals surface area contributed by atoms with E-state index < -0.39 is 10.8 Å². The van der Waals surface area contributed by atoms with Crippen LogP contribution >= 0.6 is 0 Å². The van der Waals surface area contributed by atoms with Gasteiger partial charge in [-0.15, -0.1) is 13.0 Å². The Morgan fingerprint density at radius 1 is 1.41 bits per heavy atom. The van der Waals surface area contributed by atoms with E-state index in [0.29, 0.717) is 13.2 Å². The topological polar surface area (TPSA) is 55.8 Å². The zero-order chi connectivity index (χ0) is 20.3. The highest BCUT2D eigenvalue weighted by Crippen LogP contribution is 2.62. The van der Waals surface area contributed by atoms with Gasteiger partial charge in [0.15, 0.2) is 0 Å². The van der Waals surface area contributed by atoms with Crippen molar-refractivity contribution in [3.8, 4) is 12.3 Å². The number of ketones is 1. The number of carbonyl (C=O) groups excluding carboxylic acids is 1. The Bertz CT molecular complexity index is 594. The number of Topliss-reactive ketones (excluding diaryl/α,β-unsaturated/α-hetero) is 1. The van der Waals surface area contributed by atoms with Gasteiger partial charge < -0.3 is 14.6 Å². The van der Waals surface area contributed by atoms with E-state index in [-0.39, 0.29) is 42.2 Å². The van der Waals surface area contributed by atoms with Crippen LogP contribution in [-0.4, -0.2) is 43.9 Å². The monoisotopic (exact) mass is 376 g/mol. The number of aliphatic hydroxyl groups is 1. The fourth-order valence-corrected chi connectivity index (χ4v) is 5.29. The molecule has 0 aromatic heterocycles. The number of hydrogen-bond acceptors (Lipinski definition) is 4. The summed E-state index contributed by atoms with van der Waals surface area (Å²) < 4.78 is 11.3. The molecule has 6 atom stereocenters. The summed E-state index contributed by atoms with van der Waals surface area (Å²) in [6.45, 7) is 10.9. The molecule has 0 heterocycles. The minimum absolute atomic E-state index is 0.00383. The smallest absolute Gasteiger partial charge is 0.140 e. The van der Waals surface area contributed by atoms with Gasteiger partial charge in [0.1, 0.15) is 5.78 Å². The van der Waals surface area contributed by atoms with Crippen molar-refractivity contribution < 1.29 is 19.4 Å². The van der Waals surface area contributed by atoms with Crippen molar-refractivity contribution in [3.05, 3.63) is 12.7 Å². The van der Waals surface area contributed by atoms with Crippen LogP contribution in [0, 0.1) is 40.4 Å². The van der Waals surface area contributed by atoms with Crippen molar-refractivity contribution in [3.63, 3.8) is 0 Å². The van der Waals surface area contributed by atoms with E-state index in [0.717, 1.165) is 25.7 Å². The largest absolute Gasteiger partial charge is 0.395 e. The first-order valence-corrected chi connectivity index (χ1v) is 10.1. The summed E-state index contributed by atoms with van der Waals surface area (Å²) in [6.07, 6.45) is 11.7. The van der Waals surface area contributed by atoms with E-state index in [2.05, 4.69) is 26.3 Å². The summed E-state index contributed by atoms with van der Waals surface area (Å²) in [5.74, 6) is 3.47. The van der Waals surface area contributed by atoms with E-state index in [1.54, 1.807) is 13.2 Å². The molecule has 4 heteroatoms. The van der Waals surface area contributed by atoms with Crippen LogP contribution in [0.15, 0.2) is 12.7 Å². The molecule has 4 nitrogen and oxygen atoms in total. The summed E-state index contributed by atoms with van der Waals surface area (Å²) in [5.41, 5.74) is -1.46. The predicted molar refractivity (Wildman–Crippen MR) is 107 cm³/mol. The van der Waals surface area contributed by atoms with E-state index in [9.17, 15) is 9.90 Å². The maximum Gasteiger partial charge on any atom is 0.140 e. The van der Waals surface area contributed by atoms with Crippen molar-refractivity contribution in [1.82, 2.24) is 0 Å². The predicted octanol–water partition coefficient (Wildman–Crippen LogP) is 3.63. The summed E-state index contributed by atoms with van der Waals surface area (Å²) in [4.78, 5) is 13.6. The van der Waals surface area contributed by atoms with Gasteiger partial charge in [0, 0.05) is 35.7 Å². The number of rotatable bonds is 9. The Labute approximate surface area is 164 Å². The lowest BCUT2D eigenvalue weighted by atomic mass is 9.50. The first-order valence-electron chi connectivity index (χ1n) is 10.1. The third kappa shape index (κ3) is 3.88. The van der Waals surface area contributed by atoms with Crippen LogP contribution in [-0.2, 0) is 14.3 Å². The number of terminal acetylenes is 1. The maximum absolute atomic E-state index is 13.6. The van der Waals surface area contributed by atoms with Gasteiger partial charge in [0.25, 0.3) is 0 Å². The van der Waals surface area contributed by atoms with Gasteiger partial charge in [0.05, 0.1) is 25.9 Å². The van der Waals surface area contributed by atoms with Gasteiger partial charge in [-0.2, -0.15) is 0 Å². The number of ether oxygens (including phenoxy) is 2. The molecule has 0 aliphatic heterocycles. The molecule has 2 fully saturated rings. The van der Waals surface area contributed by atoms with Crippen LogP contribution in [0.4, 0.5) is 0 Å². The molecule has 1 N–H and O–H groups in total. The Morgan fingerprint density at radius 3 is 2.63 bits per heavy atom. The average Bonchev–Trinajstić information content (AvgIpc) is 3.05. The van der Waals surface area contributed by atoms with Crippen LogP contribution in [0.2, 0.25) is 0 Å². The molecule has 27 heavy (non-hydrogen) atoms. The van der Waals surface area contributed by atoms with Crippen LogP contribution < -0.4 is 0 Å². The van der Waals surface area contributed by atoms with E-state index in [4.69, 9.17) is 15.9 Å². The minimum Gasteiger partial charge on any atom is -0.395 e. The van der Waals surface area contributed by atoms with Crippen LogP contribution in [0.25, 0.3) is 0 Å². The molecule has 0 bridgehead atoms. The molecule has 0 spiro atoms. The number of methoxy groups -OCH3 is 1.